The number of aromatic nitrogens is 2. The molecule has 1 aliphatic carbocycles. The molecule has 1 aliphatic rings. The van der Waals surface area contributed by atoms with Gasteiger partial charge in [-0.25, -0.2) is 0 Å². The summed E-state index contributed by atoms with van der Waals surface area (Å²) in [4.78, 5) is 11.2. The summed E-state index contributed by atoms with van der Waals surface area (Å²) in [6, 6.07) is 4.93. The number of hydrogen-bond acceptors (Lipinski definition) is 3. The Morgan fingerprint density at radius 2 is 1.93 bits per heavy atom. The van der Waals surface area contributed by atoms with Crippen LogP contribution in [0.3, 0.4) is 0 Å². The van der Waals surface area contributed by atoms with E-state index in [4.69, 9.17) is 5.11 Å². The molecule has 0 amide bonds. The lowest BCUT2D eigenvalue weighted by atomic mass is 9.94. The smallest absolute Gasteiger partial charge is 0.392 e. The lowest BCUT2D eigenvalue weighted by molar-refractivity contribution is -0.171. The van der Waals surface area contributed by atoms with Crippen molar-refractivity contribution in [2.24, 2.45) is 0 Å². The number of hydrogen-bond donors (Lipinski definition) is 1. The van der Waals surface area contributed by atoms with Crippen molar-refractivity contribution in [3.63, 3.8) is 0 Å². The molecular weight excluding hydrogens is 390 g/mol. The van der Waals surface area contributed by atoms with Crippen molar-refractivity contribution in [1.29, 1.82) is 0 Å². The second kappa shape index (κ2) is 7.23. The Hall–Kier alpha value is -2.36. The van der Waals surface area contributed by atoms with Gasteiger partial charge in [0.1, 0.15) is 0 Å². The first kappa shape index (κ1) is 20.4. The first-order valence-electron chi connectivity index (χ1n) is 8.45. The Kier molecular flexibility index (Phi) is 5.26. The summed E-state index contributed by atoms with van der Waals surface area (Å²) in [6.07, 6.45) is -8.13. The van der Waals surface area contributed by atoms with E-state index in [2.05, 4.69) is 5.10 Å². The number of aliphatic hydroxyl groups excluding tert-OH is 1. The van der Waals surface area contributed by atoms with Crippen LogP contribution in [0, 0.1) is 0 Å². The molecule has 4 nitrogen and oxygen atoms in total. The maximum Gasteiger partial charge on any atom is 0.449 e. The Balaban J connectivity index is 1.77. The maximum atomic E-state index is 12.9. The Morgan fingerprint density at radius 1 is 1.21 bits per heavy atom. The Bertz CT molecular complexity index is 885. The van der Waals surface area contributed by atoms with E-state index in [-0.39, 0.29) is 12.1 Å². The van der Waals surface area contributed by atoms with Gasteiger partial charge in [0.2, 0.25) is 5.78 Å². The fourth-order valence-corrected chi connectivity index (χ4v) is 3.49. The molecule has 1 unspecified atom stereocenters. The standard InChI is InChI=1S/C18H16F6N2O2/c19-17(20,21)15(28)6-12-3-2-11-5-10(1-4-14(11)12)7-26-8-13(9-27)16(25-26)18(22,23)24/h1,4-5,8,12,27H,2-3,6-7,9H2. The van der Waals surface area contributed by atoms with E-state index in [0.29, 0.717) is 24.0 Å². The SMILES string of the molecule is O=C(CC1CCc2cc(Cn3cc(CO)c(C(F)(F)F)n3)ccc21)C(F)(F)F. The lowest BCUT2D eigenvalue weighted by Crippen LogP contribution is -2.24. The number of alkyl halides is 6. The van der Waals surface area contributed by atoms with Gasteiger partial charge in [-0.15, -0.1) is 0 Å². The van der Waals surface area contributed by atoms with E-state index in [1.807, 2.05) is 0 Å². The van der Waals surface area contributed by atoms with Crippen LogP contribution in [0.25, 0.3) is 0 Å². The number of nitrogens with zero attached hydrogens (tertiary/aromatic N) is 2. The van der Waals surface area contributed by atoms with E-state index in [0.717, 1.165) is 16.4 Å². The highest BCUT2D eigenvalue weighted by Gasteiger charge is 2.40. The number of ketones is 1. The molecule has 10 heteroatoms. The molecule has 0 spiro atoms. The van der Waals surface area contributed by atoms with Crippen molar-refractivity contribution in [3.05, 3.63) is 52.3 Å². The van der Waals surface area contributed by atoms with Crippen LogP contribution >= 0.6 is 0 Å². The van der Waals surface area contributed by atoms with Crippen LogP contribution < -0.4 is 0 Å². The predicted octanol–water partition coefficient (Wildman–Crippen LogP) is 3.99. The van der Waals surface area contributed by atoms with Crippen LogP contribution in [-0.2, 0) is 30.5 Å². The summed E-state index contributed by atoms with van der Waals surface area (Å²) in [6.45, 7) is -0.781. The molecular formula is C18H16F6N2O2. The molecule has 0 aliphatic heterocycles. The zero-order valence-corrected chi connectivity index (χ0v) is 14.4. The zero-order valence-electron chi connectivity index (χ0n) is 14.4. The van der Waals surface area contributed by atoms with Crippen molar-refractivity contribution in [2.75, 3.05) is 0 Å². The van der Waals surface area contributed by atoms with Crippen LogP contribution in [-0.4, -0.2) is 26.8 Å². The number of rotatable bonds is 5. The lowest BCUT2D eigenvalue weighted by Gasteiger charge is -2.13. The molecule has 152 valence electrons. The average Bonchev–Trinajstić information content (AvgIpc) is 3.17. The number of aliphatic hydroxyl groups is 1. The third-order valence-corrected chi connectivity index (χ3v) is 4.78. The van der Waals surface area contributed by atoms with Gasteiger partial charge in [0.25, 0.3) is 0 Å². The fraction of sp³-hybridized carbons (Fsp3) is 0.444. The molecule has 0 bridgehead atoms. The fourth-order valence-electron chi connectivity index (χ4n) is 3.49. The van der Waals surface area contributed by atoms with Gasteiger partial charge in [-0.3, -0.25) is 9.48 Å². The Labute approximate surface area is 155 Å². The van der Waals surface area contributed by atoms with Crippen LogP contribution in [0.1, 0.15) is 46.7 Å². The third-order valence-electron chi connectivity index (χ3n) is 4.78. The predicted molar refractivity (Wildman–Crippen MR) is 85.4 cm³/mol. The van der Waals surface area contributed by atoms with Gasteiger partial charge >= 0.3 is 12.4 Å². The second-order valence-corrected chi connectivity index (χ2v) is 6.75. The van der Waals surface area contributed by atoms with Crippen molar-refractivity contribution < 1.29 is 36.2 Å². The second-order valence-electron chi connectivity index (χ2n) is 6.75. The molecule has 3 rings (SSSR count). The summed E-state index contributed by atoms with van der Waals surface area (Å²) in [5, 5.41) is 12.6. The number of carbonyl (C=O) groups is 1. The highest BCUT2D eigenvalue weighted by atomic mass is 19.4. The van der Waals surface area contributed by atoms with Crippen molar-refractivity contribution in [3.8, 4) is 0 Å². The topological polar surface area (TPSA) is 55.1 Å². The number of aryl methyl sites for hydroxylation is 1. The van der Waals surface area contributed by atoms with Crippen LogP contribution in [0.15, 0.2) is 24.4 Å². The van der Waals surface area contributed by atoms with Crippen molar-refractivity contribution in [1.82, 2.24) is 9.78 Å². The molecule has 2 aromatic rings. The third kappa shape index (κ3) is 4.21. The van der Waals surface area contributed by atoms with E-state index in [1.165, 1.54) is 0 Å². The first-order chi connectivity index (χ1) is 13.0. The molecule has 28 heavy (non-hydrogen) atoms. The molecule has 1 aromatic carbocycles. The van der Waals surface area contributed by atoms with Gasteiger partial charge in [0, 0.05) is 18.2 Å². The van der Waals surface area contributed by atoms with Crippen LogP contribution in [0.4, 0.5) is 26.3 Å². The van der Waals surface area contributed by atoms with Gasteiger partial charge in [-0.05, 0) is 35.4 Å². The average molecular weight is 406 g/mol. The minimum Gasteiger partial charge on any atom is -0.392 e. The highest BCUT2D eigenvalue weighted by molar-refractivity contribution is 5.84. The minimum absolute atomic E-state index is 0.0164. The zero-order chi connectivity index (χ0) is 20.7. The van der Waals surface area contributed by atoms with Crippen molar-refractivity contribution in [2.45, 2.75) is 50.7 Å². The van der Waals surface area contributed by atoms with Crippen LogP contribution in [0.5, 0.6) is 0 Å². The van der Waals surface area contributed by atoms with E-state index in [9.17, 15) is 31.1 Å². The number of halogens is 6. The Morgan fingerprint density at radius 3 is 2.50 bits per heavy atom. The summed E-state index contributed by atoms with van der Waals surface area (Å²) >= 11 is 0. The maximum absolute atomic E-state index is 12.9. The molecule has 0 saturated heterocycles. The van der Waals surface area contributed by atoms with Crippen LogP contribution in [0.2, 0.25) is 0 Å². The number of Topliss-reactive ketones (excluding diaryl/α,β-unsaturated/α-hetero) is 1. The quantitative estimate of drug-likeness (QED) is 0.764. The summed E-state index contributed by atoms with van der Waals surface area (Å²) < 4.78 is 77.2. The molecule has 0 radical (unpaired) electrons. The summed E-state index contributed by atoms with van der Waals surface area (Å²) in [7, 11) is 0. The monoisotopic (exact) mass is 406 g/mol. The summed E-state index contributed by atoms with van der Waals surface area (Å²) in [5.41, 5.74) is 0.584. The van der Waals surface area contributed by atoms with Crippen molar-refractivity contribution >= 4 is 5.78 Å². The first-order valence-corrected chi connectivity index (χ1v) is 8.45. The van der Waals surface area contributed by atoms with E-state index >= 15 is 0 Å². The highest BCUT2D eigenvalue weighted by Crippen LogP contribution is 2.38. The largest absolute Gasteiger partial charge is 0.449 e. The van der Waals surface area contributed by atoms with E-state index in [1.54, 1.807) is 18.2 Å². The minimum atomic E-state index is -4.86. The van der Waals surface area contributed by atoms with Gasteiger partial charge in [-0.2, -0.15) is 31.4 Å². The molecule has 1 atom stereocenters. The van der Waals surface area contributed by atoms with Gasteiger partial charge < -0.3 is 5.11 Å². The molecule has 1 aromatic heterocycles. The molecule has 0 fully saturated rings. The van der Waals surface area contributed by atoms with Gasteiger partial charge in [-0.1, -0.05) is 18.2 Å². The van der Waals surface area contributed by atoms with Gasteiger partial charge in [0.15, 0.2) is 5.69 Å². The molecule has 1 heterocycles. The number of carbonyl (C=O) groups excluding carboxylic acids is 1. The normalized spacial score (nSPS) is 17.0. The number of benzene rings is 1. The summed E-state index contributed by atoms with van der Waals surface area (Å²) in [5.74, 6) is -2.28. The molecule has 1 N–H and O–H groups in total. The van der Waals surface area contributed by atoms with E-state index < -0.39 is 42.8 Å². The van der Waals surface area contributed by atoms with Gasteiger partial charge in [0.05, 0.1) is 13.2 Å². The molecule has 0 saturated carbocycles. The number of fused-ring (bicyclic) bond motifs is 1.